The van der Waals surface area contributed by atoms with Crippen LogP contribution in [0, 0.1) is 0 Å². The molecule has 1 aliphatic heterocycles. The van der Waals surface area contributed by atoms with E-state index in [9.17, 15) is 13.2 Å². The van der Waals surface area contributed by atoms with Gasteiger partial charge < -0.3 is 14.6 Å². The van der Waals surface area contributed by atoms with Crippen molar-refractivity contribution in [2.24, 2.45) is 0 Å². The Morgan fingerprint density at radius 1 is 1.31 bits per heavy atom. The summed E-state index contributed by atoms with van der Waals surface area (Å²) in [7, 11) is -2.47. The van der Waals surface area contributed by atoms with Gasteiger partial charge in [-0.2, -0.15) is 4.31 Å². The lowest BCUT2D eigenvalue weighted by Gasteiger charge is -2.32. The Hall–Kier alpha value is -2.49. The van der Waals surface area contributed by atoms with E-state index in [2.05, 4.69) is 4.98 Å². The molecule has 0 amide bonds. The Morgan fingerprint density at radius 3 is 2.83 bits per heavy atom. The Kier molecular flexibility index (Phi) is 6.83. The number of methoxy groups -OCH3 is 1. The number of nitrogens with zero attached hydrogens (tertiary/aromatic N) is 2. The average molecular weight is 420 g/mol. The molecular weight excluding hydrogens is 396 g/mol. The highest BCUT2D eigenvalue weighted by molar-refractivity contribution is 7.89. The van der Waals surface area contributed by atoms with Gasteiger partial charge in [-0.3, -0.25) is 9.78 Å². The summed E-state index contributed by atoms with van der Waals surface area (Å²) in [4.78, 5) is 15.2. The third-order valence-electron chi connectivity index (χ3n) is 4.74. The fourth-order valence-electron chi connectivity index (χ4n) is 3.29. The monoisotopic (exact) mass is 420 g/mol. The number of piperidine rings is 1. The van der Waals surface area contributed by atoms with Crippen LogP contribution in [0.3, 0.4) is 0 Å². The standard InChI is InChI=1S/C20H24N2O6S/c1-27-18-8-7-15(12-20(23)24)11-19(18)29(25,26)22-10-4-6-17(13-22)28-14-16-5-2-3-9-21-16/h2-3,5,7-9,11,17H,4,6,10,12-14H2,1H3,(H,23,24). The Bertz CT molecular complexity index is 949. The second kappa shape index (κ2) is 9.34. The summed E-state index contributed by atoms with van der Waals surface area (Å²) < 4.78 is 39.0. The van der Waals surface area contributed by atoms with Crippen LogP contribution in [-0.2, 0) is 32.6 Å². The summed E-state index contributed by atoms with van der Waals surface area (Å²) >= 11 is 0. The largest absolute Gasteiger partial charge is 0.495 e. The van der Waals surface area contributed by atoms with Gasteiger partial charge >= 0.3 is 5.97 Å². The van der Waals surface area contributed by atoms with Crippen molar-refractivity contribution in [3.8, 4) is 5.75 Å². The van der Waals surface area contributed by atoms with Crippen LogP contribution in [0.1, 0.15) is 24.1 Å². The molecule has 1 N–H and O–H groups in total. The molecule has 3 rings (SSSR count). The molecule has 8 nitrogen and oxygen atoms in total. The van der Waals surface area contributed by atoms with E-state index >= 15 is 0 Å². The molecule has 0 radical (unpaired) electrons. The van der Waals surface area contributed by atoms with Crippen LogP contribution >= 0.6 is 0 Å². The molecule has 1 aromatic heterocycles. The van der Waals surface area contributed by atoms with Crippen molar-refractivity contribution < 1.29 is 27.8 Å². The van der Waals surface area contributed by atoms with Crippen molar-refractivity contribution in [2.45, 2.75) is 36.9 Å². The Labute approximate surface area is 170 Å². The molecule has 0 saturated carbocycles. The second-order valence-corrected chi connectivity index (χ2v) is 8.72. The van der Waals surface area contributed by atoms with E-state index in [1.54, 1.807) is 12.3 Å². The molecule has 29 heavy (non-hydrogen) atoms. The summed E-state index contributed by atoms with van der Waals surface area (Å²) in [6.45, 7) is 0.913. The SMILES string of the molecule is COc1ccc(CC(=O)O)cc1S(=O)(=O)N1CCCC(OCc2ccccn2)C1. The molecule has 1 saturated heterocycles. The molecule has 0 aliphatic carbocycles. The summed E-state index contributed by atoms with van der Waals surface area (Å²) in [5.41, 5.74) is 1.19. The van der Waals surface area contributed by atoms with Crippen LogP contribution in [0.5, 0.6) is 5.75 Å². The summed E-state index contributed by atoms with van der Waals surface area (Å²) in [5.74, 6) is -0.838. The number of ether oxygens (including phenoxy) is 2. The number of pyridine rings is 1. The summed E-state index contributed by atoms with van der Waals surface area (Å²) in [6, 6.07) is 9.98. The van der Waals surface area contributed by atoms with Crippen LogP contribution in [0.2, 0.25) is 0 Å². The lowest BCUT2D eigenvalue weighted by atomic mass is 10.1. The summed E-state index contributed by atoms with van der Waals surface area (Å²) in [6.07, 6.45) is 2.61. The van der Waals surface area contributed by atoms with Crippen LogP contribution in [-0.4, -0.2) is 55.1 Å². The number of aromatic nitrogens is 1. The summed E-state index contributed by atoms with van der Waals surface area (Å²) in [5, 5.41) is 9.01. The van der Waals surface area contributed by atoms with Crippen molar-refractivity contribution in [3.63, 3.8) is 0 Å². The van der Waals surface area contributed by atoms with E-state index < -0.39 is 16.0 Å². The van der Waals surface area contributed by atoms with Crippen molar-refractivity contribution >= 4 is 16.0 Å². The topological polar surface area (TPSA) is 106 Å². The van der Waals surface area contributed by atoms with E-state index in [0.717, 1.165) is 12.1 Å². The number of aliphatic carboxylic acids is 1. The maximum absolute atomic E-state index is 13.3. The van der Waals surface area contributed by atoms with Crippen LogP contribution in [0.4, 0.5) is 0 Å². The van der Waals surface area contributed by atoms with E-state index in [1.165, 1.54) is 23.5 Å². The maximum Gasteiger partial charge on any atom is 0.307 e. The van der Waals surface area contributed by atoms with E-state index in [-0.39, 0.29) is 29.7 Å². The van der Waals surface area contributed by atoms with E-state index in [1.807, 2.05) is 18.2 Å². The predicted octanol–water partition coefficient (Wildman–Crippen LogP) is 2.09. The second-order valence-electron chi connectivity index (χ2n) is 6.82. The van der Waals surface area contributed by atoms with Crippen molar-refractivity contribution in [1.82, 2.24) is 9.29 Å². The highest BCUT2D eigenvalue weighted by Gasteiger charge is 2.33. The fraction of sp³-hybridized carbons (Fsp3) is 0.400. The van der Waals surface area contributed by atoms with Gasteiger partial charge in [-0.25, -0.2) is 8.42 Å². The lowest BCUT2D eigenvalue weighted by molar-refractivity contribution is -0.136. The highest BCUT2D eigenvalue weighted by Crippen LogP contribution is 2.30. The van der Waals surface area contributed by atoms with Gasteiger partial charge in [0.05, 0.1) is 31.9 Å². The minimum absolute atomic E-state index is 0.0240. The maximum atomic E-state index is 13.3. The van der Waals surface area contributed by atoms with Gasteiger partial charge in [0.25, 0.3) is 0 Å². The number of hydrogen-bond acceptors (Lipinski definition) is 6. The number of benzene rings is 1. The van der Waals surface area contributed by atoms with Crippen LogP contribution in [0.15, 0.2) is 47.5 Å². The highest BCUT2D eigenvalue weighted by atomic mass is 32.2. The molecule has 1 atom stereocenters. The zero-order valence-electron chi connectivity index (χ0n) is 16.2. The van der Waals surface area contributed by atoms with Gasteiger partial charge in [0.2, 0.25) is 10.0 Å². The van der Waals surface area contributed by atoms with Gasteiger partial charge in [0.15, 0.2) is 0 Å². The molecule has 0 bridgehead atoms. The third kappa shape index (κ3) is 5.31. The first-order valence-electron chi connectivity index (χ1n) is 9.30. The molecule has 2 aromatic rings. The molecule has 1 fully saturated rings. The quantitative estimate of drug-likeness (QED) is 0.697. The van der Waals surface area contributed by atoms with E-state index in [0.29, 0.717) is 25.1 Å². The van der Waals surface area contributed by atoms with Crippen molar-refractivity contribution in [3.05, 3.63) is 53.9 Å². The van der Waals surface area contributed by atoms with Gasteiger partial charge in [-0.1, -0.05) is 12.1 Å². The first kappa shape index (κ1) is 21.2. The minimum Gasteiger partial charge on any atom is -0.495 e. The van der Waals surface area contributed by atoms with Gasteiger partial charge in [0.1, 0.15) is 10.6 Å². The molecular formula is C20H24N2O6S. The molecule has 1 aromatic carbocycles. The Morgan fingerprint density at radius 2 is 2.14 bits per heavy atom. The minimum atomic E-state index is -3.86. The smallest absolute Gasteiger partial charge is 0.307 e. The number of carbonyl (C=O) groups is 1. The van der Waals surface area contributed by atoms with Gasteiger partial charge in [-0.05, 0) is 42.7 Å². The average Bonchev–Trinajstić information content (AvgIpc) is 2.73. The molecule has 9 heteroatoms. The van der Waals surface area contributed by atoms with Crippen LogP contribution in [0.25, 0.3) is 0 Å². The number of carboxylic acid groups (broad SMARTS) is 1. The van der Waals surface area contributed by atoms with E-state index in [4.69, 9.17) is 14.6 Å². The molecule has 156 valence electrons. The zero-order chi connectivity index (χ0) is 20.9. The molecule has 2 heterocycles. The fourth-order valence-corrected chi connectivity index (χ4v) is 5.01. The number of carboxylic acids is 1. The Balaban J connectivity index is 1.76. The molecule has 1 unspecified atom stereocenters. The number of hydrogen-bond donors (Lipinski definition) is 1. The predicted molar refractivity (Wildman–Crippen MR) is 105 cm³/mol. The van der Waals surface area contributed by atoms with Crippen LogP contribution < -0.4 is 4.74 Å². The normalized spacial score (nSPS) is 17.8. The lowest BCUT2D eigenvalue weighted by Crippen LogP contribution is -2.43. The van der Waals surface area contributed by atoms with Crippen molar-refractivity contribution in [1.29, 1.82) is 0 Å². The first-order chi connectivity index (χ1) is 13.9. The zero-order valence-corrected chi connectivity index (χ0v) is 17.0. The van der Waals surface area contributed by atoms with Gasteiger partial charge in [0, 0.05) is 19.3 Å². The van der Waals surface area contributed by atoms with Gasteiger partial charge in [-0.15, -0.1) is 0 Å². The van der Waals surface area contributed by atoms with Crippen molar-refractivity contribution in [2.75, 3.05) is 20.2 Å². The number of sulfonamides is 1. The number of rotatable bonds is 8. The molecule has 1 aliphatic rings. The first-order valence-corrected chi connectivity index (χ1v) is 10.7. The third-order valence-corrected chi connectivity index (χ3v) is 6.62. The molecule has 0 spiro atoms.